The number of nitrogens with zero attached hydrogens (tertiary/aromatic N) is 2. The zero-order valence-corrected chi connectivity index (χ0v) is 11.0. The molecule has 1 unspecified atom stereocenters. The first-order valence-electron chi connectivity index (χ1n) is 6.56. The molecule has 1 atom stereocenters. The van der Waals surface area contributed by atoms with Crippen LogP contribution in [-0.4, -0.2) is 22.9 Å². The van der Waals surface area contributed by atoms with E-state index < -0.39 is 0 Å². The van der Waals surface area contributed by atoms with Gasteiger partial charge in [0.05, 0.1) is 12.2 Å². The Morgan fingerprint density at radius 2 is 2.11 bits per heavy atom. The largest absolute Gasteiger partial charge is 0.315 e. The molecular formula is C15H19N3. The number of hydrogen-bond donors (Lipinski definition) is 1. The SMILES string of the molecule is Cc1ccc(-c2cnn(C3CCNC3)c2)cc1C. The second kappa shape index (κ2) is 4.58. The summed E-state index contributed by atoms with van der Waals surface area (Å²) in [6.07, 6.45) is 5.32. The van der Waals surface area contributed by atoms with E-state index in [1.807, 2.05) is 6.20 Å². The van der Waals surface area contributed by atoms with Crippen molar-refractivity contribution in [1.82, 2.24) is 15.1 Å². The summed E-state index contributed by atoms with van der Waals surface area (Å²) in [6.45, 7) is 6.44. The molecule has 1 fully saturated rings. The fraction of sp³-hybridized carbons (Fsp3) is 0.400. The van der Waals surface area contributed by atoms with Crippen molar-refractivity contribution in [2.24, 2.45) is 0 Å². The first-order chi connectivity index (χ1) is 8.74. The summed E-state index contributed by atoms with van der Waals surface area (Å²) in [6, 6.07) is 7.12. The van der Waals surface area contributed by atoms with Gasteiger partial charge >= 0.3 is 0 Å². The fourth-order valence-electron chi connectivity index (χ4n) is 2.47. The van der Waals surface area contributed by atoms with Gasteiger partial charge in [0.15, 0.2) is 0 Å². The highest BCUT2D eigenvalue weighted by molar-refractivity contribution is 5.63. The van der Waals surface area contributed by atoms with E-state index >= 15 is 0 Å². The van der Waals surface area contributed by atoms with Gasteiger partial charge in [-0.2, -0.15) is 5.10 Å². The molecule has 0 aliphatic carbocycles. The van der Waals surface area contributed by atoms with Crippen LogP contribution in [0, 0.1) is 13.8 Å². The average molecular weight is 241 g/mol. The Bertz CT molecular complexity index is 551. The van der Waals surface area contributed by atoms with Gasteiger partial charge in [0.25, 0.3) is 0 Å². The number of hydrogen-bond acceptors (Lipinski definition) is 2. The van der Waals surface area contributed by atoms with Crippen molar-refractivity contribution in [3.05, 3.63) is 41.7 Å². The molecule has 2 aromatic rings. The summed E-state index contributed by atoms with van der Waals surface area (Å²) in [7, 11) is 0. The van der Waals surface area contributed by atoms with Crippen LogP contribution in [0.4, 0.5) is 0 Å². The van der Waals surface area contributed by atoms with Crippen molar-refractivity contribution < 1.29 is 0 Å². The molecule has 94 valence electrons. The normalized spacial score (nSPS) is 19.3. The van der Waals surface area contributed by atoms with Crippen molar-refractivity contribution in [3.8, 4) is 11.1 Å². The van der Waals surface area contributed by atoms with Crippen LogP contribution in [0.3, 0.4) is 0 Å². The van der Waals surface area contributed by atoms with Crippen molar-refractivity contribution in [3.63, 3.8) is 0 Å². The lowest BCUT2D eigenvalue weighted by Gasteiger charge is -2.08. The minimum atomic E-state index is 0.519. The third-order valence-electron chi connectivity index (χ3n) is 3.85. The first-order valence-corrected chi connectivity index (χ1v) is 6.56. The maximum Gasteiger partial charge on any atom is 0.0655 e. The molecule has 18 heavy (non-hydrogen) atoms. The monoisotopic (exact) mass is 241 g/mol. The van der Waals surface area contributed by atoms with Crippen LogP contribution in [-0.2, 0) is 0 Å². The predicted octanol–water partition coefficient (Wildman–Crippen LogP) is 2.70. The molecule has 1 aliphatic rings. The summed E-state index contributed by atoms with van der Waals surface area (Å²) in [5.74, 6) is 0. The fourth-order valence-corrected chi connectivity index (χ4v) is 2.47. The van der Waals surface area contributed by atoms with E-state index in [1.54, 1.807) is 0 Å². The van der Waals surface area contributed by atoms with Crippen molar-refractivity contribution >= 4 is 0 Å². The highest BCUT2D eigenvalue weighted by Gasteiger charge is 2.17. The third kappa shape index (κ3) is 2.06. The molecule has 0 bridgehead atoms. The van der Waals surface area contributed by atoms with E-state index in [9.17, 15) is 0 Å². The molecule has 0 saturated carbocycles. The van der Waals surface area contributed by atoms with E-state index in [0.717, 1.165) is 13.1 Å². The Morgan fingerprint density at radius 3 is 2.83 bits per heavy atom. The third-order valence-corrected chi connectivity index (χ3v) is 3.85. The van der Waals surface area contributed by atoms with Crippen LogP contribution >= 0.6 is 0 Å². The highest BCUT2D eigenvalue weighted by atomic mass is 15.3. The lowest BCUT2D eigenvalue weighted by Crippen LogP contribution is -2.13. The topological polar surface area (TPSA) is 29.9 Å². The average Bonchev–Trinajstić information content (AvgIpc) is 3.01. The Balaban J connectivity index is 1.89. The number of aryl methyl sites for hydroxylation is 2. The zero-order chi connectivity index (χ0) is 12.5. The molecule has 0 spiro atoms. The van der Waals surface area contributed by atoms with E-state index in [1.165, 1.54) is 28.7 Å². The van der Waals surface area contributed by atoms with Gasteiger partial charge in [0, 0.05) is 18.3 Å². The number of rotatable bonds is 2. The molecule has 3 nitrogen and oxygen atoms in total. The van der Waals surface area contributed by atoms with Crippen LogP contribution in [0.2, 0.25) is 0 Å². The molecule has 1 aliphatic heterocycles. The van der Waals surface area contributed by atoms with Crippen LogP contribution in [0.1, 0.15) is 23.6 Å². The molecule has 0 amide bonds. The summed E-state index contributed by atoms with van der Waals surface area (Å²) < 4.78 is 2.10. The van der Waals surface area contributed by atoms with Crippen molar-refractivity contribution in [2.45, 2.75) is 26.3 Å². The Morgan fingerprint density at radius 1 is 1.22 bits per heavy atom. The smallest absolute Gasteiger partial charge is 0.0655 e. The summed E-state index contributed by atoms with van der Waals surface area (Å²) in [4.78, 5) is 0. The first kappa shape index (κ1) is 11.5. The molecular weight excluding hydrogens is 222 g/mol. The van der Waals surface area contributed by atoms with Gasteiger partial charge in [-0.15, -0.1) is 0 Å². The summed E-state index contributed by atoms with van der Waals surface area (Å²) in [5.41, 5.74) is 5.15. The molecule has 1 saturated heterocycles. The van der Waals surface area contributed by atoms with E-state index in [2.05, 4.69) is 53.3 Å². The van der Waals surface area contributed by atoms with E-state index in [4.69, 9.17) is 0 Å². The van der Waals surface area contributed by atoms with Crippen LogP contribution in [0.5, 0.6) is 0 Å². The molecule has 3 rings (SSSR count). The standard InChI is InChI=1S/C15H19N3/c1-11-3-4-13(7-12(11)2)14-8-17-18(10-14)15-5-6-16-9-15/h3-4,7-8,10,15-16H,5-6,9H2,1-2H3. The Labute approximate surface area is 108 Å². The van der Waals surface area contributed by atoms with E-state index in [0.29, 0.717) is 6.04 Å². The minimum absolute atomic E-state index is 0.519. The van der Waals surface area contributed by atoms with Crippen LogP contribution in [0.25, 0.3) is 11.1 Å². The Hall–Kier alpha value is -1.61. The van der Waals surface area contributed by atoms with Gasteiger partial charge in [0.1, 0.15) is 0 Å². The lowest BCUT2D eigenvalue weighted by molar-refractivity contribution is 0.491. The van der Waals surface area contributed by atoms with Gasteiger partial charge in [-0.3, -0.25) is 4.68 Å². The van der Waals surface area contributed by atoms with Gasteiger partial charge < -0.3 is 5.32 Å². The Kier molecular flexibility index (Phi) is 2.92. The number of nitrogens with one attached hydrogen (secondary N) is 1. The van der Waals surface area contributed by atoms with Crippen molar-refractivity contribution in [1.29, 1.82) is 0 Å². The second-order valence-electron chi connectivity index (χ2n) is 5.15. The molecule has 1 N–H and O–H groups in total. The van der Waals surface area contributed by atoms with Gasteiger partial charge in [-0.25, -0.2) is 0 Å². The molecule has 2 heterocycles. The zero-order valence-electron chi connectivity index (χ0n) is 11.0. The van der Waals surface area contributed by atoms with Crippen molar-refractivity contribution in [2.75, 3.05) is 13.1 Å². The van der Waals surface area contributed by atoms with Crippen LogP contribution < -0.4 is 5.32 Å². The number of benzene rings is 1. The molecule has 1 aromatic carbocycles. The van der Waals surface area contributed by atoms with E-state index in [-0.39, 0.29) is 0 Å². The van der Waals surface area contributed by atoms with Gasteiger partial charge in [-0.05, 0) is 43.5 Å². The quantitative estimate of drug-likeness (QED) is 0.876. The maximum atomic E-state index is 4.50. The van der Waals surface area contributed by atoms with Gasteiger partial charge in [-0.1, -0.05) is 18.2 Å². The molecule has 3 heteroatoms. The summed E-state index contributed by atoms with van der Waals surface area (Å²) >= 11 is 0. The van der Waals surface area contributed by atoms with Crippen LogP contribution in [0.15, 0.2) is 30.6 Å². The highest BCUT2D eigenvalue weighted by Crippen LogP contribution is 2.23. The number of aromatic nitrogens is 2. The van der Waals surface area contributed by atoms with Gasteiger partial charge in [0.2, 0.25) is 0 Å². The lowest BCUT2D eigenvalue weighted by atomic mass is 10.0. The summed E-state index contributed by atoms with van der Waals surface area (Å²) in [5, 5.41) is 7.88. The predicted molar refractivity (Wildman–Crippen MR) is 73.7 cm³/mol. The second-order valence-corrected chi connectivity index (χ2v) is 5.15. The maximum absolute atomic E-state index is 4.50. The minimum Gasteiger partial charge on any atom is -0.315 e. The molecule has 0 radical (unpaired) electrons. The molecule has 1 aromatic heterocycles.